The van der Waals surface area contributed by atoms with E-state index in [2.05, 4.69) is 20.8 Å². The first kappa shape index (κ1) is 12.9. The normalized spacial score (nSPS) is 45.0. The zero-order valence-corrected chi connectivity index (χ0v) is 9.19. The molecule has 3 nitrogen and oxygen atoms in total. The lowest BCUT2D eigenvalue weighted by Crippen LogP contribution is -2.46. The van der Waals surface area contributed by atoms with Gasteiger partial charge in [0.2, 0.25) is 0 Å². The summed E-state index contributed by atoms with van der Waals surface area (Å²) in [7, 11) is 1.00. The van der Waals surface area contributed by atoms with E-state index in [-0.39, 0.29) is 18.3 Å². The van der Waals surface area contributed by atoms with E-state index in [4.69, 9.17) is 9.84 Å². The molecule has 5 atom stereocenters. The number of rotatable bonds is 0. The summed E-state index contributed by atoms with van der Waals surface area (Å²) in [5.41, 5.74) is 0. The van der Waals surface area contributed by atoms with Crippen molar-refractivity contribution in [2.24, 2.45) is 11.8 Å². The minimum Gasteiger partial charge on any atom is -0.400 e. The van der Waals surface area contributed by atoms with Gasteiger partial charge in [-0.05, 0) is 25.7 Å². The van der Waals surface area contributed by atoms with Crippen LogP contribution in [0.25, 0.3) is 0 Å². The highest BCUT2D eigenvalue weighted by atomic mass is 16.5. The summed E-state index contributed by atoms with van der Waals surface area (Å²) < 4.78 is 5.53. The third-order valence-corrected chi connectivity index (χ3v) is 3.02. The van der Waals surface area contributed by atoms with Gasteiger partial charge in [0, 0.05) is 7.11 Å². The Morgan fingerprint density at radius 2 is 1.31 bits per heavy atom. The molecule has 0 amide bonds. The molecular weight excluding hydrogens is 168 g/mol. The molecule has 1 aliphatic heterocycles. The van der Waals surface area contributed by atoms with Crippen LogP contribution in [0.2, 0.25) is 0 Å². The minimum absolute atomic E-state index is 0.00352. The molecule has 13 heavy (non-hydrogen) atoms. The summed E-state index contributed by atoms with van der Waals surface area (Å²) in [6.45, 7) is 8.22. The van der Waals surface area contributed by atoms with Crippen LogP contribution >= 0.6 is 0 Å². The molecule has 0 saturated carbocycles. The Balaban J connectivity index is 0.000000671. The fourth-order valence-electron chi connectivity index (χ4n) is 1.71. The van der Waals surface area contributed by atoms with Gasteiger partial charge >= 0.3 is 0 Å². The molecule has 0 aromatic rings. The van der Waals surface area contributed by atoms with Crippen molar-refractivity contribution in [3.05, 3.63) is 0 Å². The minimum atomic E-state index is -0.291. The summed E-state index contributed by atoms with van der Waals surface area (Å²) in [6, 6.07) is 0. The van der Waals surface area contributed by atoms with E-state index in [1.807, 2.05) is 6.92 Å². The van der Waals surface area contributed by atoms with Crippen LogP contribution in [0.4, 0.5) is 0 Å². The highest BCUT2D eigenvalue weighted by molar-refractivity contribution is 4.83. The predicted molar refractivity (Wildman–Crippen MR) is 52.5 cm³/mol. The Kier molecular flexibility index (Phi) is 5.53. The molecule has 80 valence electrons. The largest absolute Gasteiger partial charge is 0.400 e. The summed E-state index contributed by atoms with van der Waals surface area (Å²) in [5, 5.41) is 16.6. The lowest BCUT2D eigenvalue weighted by atomic mass is 9.82. The highest BCUT2D eigenvalue weighted by Gasteiger charge is 2.35. The van der Waals surface area contributed by atoms with E-state index in [0.29, 0.717) is 11.8 Å². The van der Waals surface area contributed by atoms with Crippen LogP contribution in [-0.2, 0) is 4.74 Å². The fraction of sp³-hybridized carbons (Fsp3) is 1.00. The van der Waals surface area contributed by atoms with E-state index in [9.17, 15) is 5.11 Å². The first-order valence-corrected chi connectivity index (χ1v) is 4.82. The lowest BCUT2D eigenvalue weighted by molar-refractivity contribution is -0.154. The van der Waals surface area contributed by atoms with Crippen LogP contribution in [-0.4, -0.2) is 35.6 Å². The maximum Gasteiger partial charge on any atom is 0.0828 e. The van der Waals surface area contributed by atoms with E-state index in [0.717, 1.165) is 7.11 Å². The molecule has 3 heteroatoms. The average Bonchev–Trinajstić information content (AvgIpc) is 2.15. The van der Waals surface area contributed by atoms with Gasteiger partial charge < -0.3 is 14.9 Å². The molecule has 1 fully saturated rings. The van der Waals surface area contributed by atoms with Gasteiger partial charge in [-0.25, -0.2) is 0 Å². The lowest BCUT2D eigenvalue weighted by Gasteiger charge is -2.40. The average molecular weight is 190 g/mol. The number of aliphatic hydroxyl groups is 2. The number of hydrogen-bond acceptors (Lipinski definition) is 3. The topological polar surface area (TPSA) is 49.7 Å². The van der Waals surface area contributed by atoms with Gasteiger partial charge in [-0.1, -0.05) is 13.8 Å². The predicted octanol–water partition coefficient (Wildman–Crippen LogP) is 1.04. The zero-order chi connectivity index (χ0) is 10.6. The summed E-state index contributed by atoms with van der Waals surface area (Å²) in [5.74, 6) is 0.815. The van der Waals surface area contributed by atoms with Gasteiger partial charge in [0.15, 0.2) is 0 Å². The second-order valence-corrected chi connectivity index (χ2v) is 3.76. The summed E-state index contributed by atoms with van der Waals surface area (Å²) in [6.07, 6.45) is -0.0131. The Hall–Kier alpha value is -0.120. The maximum atomic E-state index is 9.61. The van der Waals surface area contributed by atoms with Crippen molar-refractivity contribution < 1.29 is 14.9 Å². The van der Waals surface area contributed by atoms with Crippen LogP contribution in [0.5, 0.6) is 0 Å². The van der Waals surface area contributed by atoms with Gasteiger partial charge in [0.05, 0.1) is 18.3 Å². The quantitative estimate of drug-likeness (QED) is 0.600. The molecule has 0 aromatic carbocycles. The van der Waals surface area contributed by atoms with Crippen LogP contribution in [0, 0.1) is 11.8 Å². The third kappa shape index (κ3) is 2.93. The number of ether oxygens (including phenoxy) is 1. The molecule has 0 bridgehead atoms. The van der Waals surface area contributed by atoms with Crippen LogP contribution in [0.15, 0.2) is 0 Å². The highest BCUT2D eigenvalue weighted by Crippen LogP contribution is 2.29. The van der Waals surface area contributed by atoms with Crippen molar-refractivity contribution in [2.45, 2.75) is 46.0 Å². The van der Waals surface area contributed by atoms with Gasteiger partial charge in [-0.3, -0.25) is 0 Å². The molecule has 0 spiro atoms. The monoisotopic (exact) mass is 190 g/mol. The number of aliphatic hydroxyl groups excluding tert-OH is 2. The molecule has 0 aromatic heterocycles. The van der Waals surface area contributed by atoms with Gasteiger partial charge in [-0.15, -0.1) is 0 Å². The Bertz CT molecular complexity index is 124. The van der Waals surface area contributed by atoms with Crippen molar-refractivity contribution in [1.82, 2.24) is 0 Å². The van der Waals surface area contributed by atoms with Crippen LogP contribution in [0.3, 0.4) is 0 Å². The molecule has 0 aliphatic carbocycles. The van der Waals surface area contributed by atoms with Crippen LogP contribution in [0.1, 0.15) is 27.7 Å². The SMILES string of the molecule is CC1O[C@@H](C)[C@@H](O)C(C)[C@H]1C.CO. The molecule has 0 radical (unpaired) electrons. The Labute approximate surface area is 80.7 Å². The van der Waals surface area contributed by atoms with Crippen molar-refractivity contribution in [1.29, 1.82) is 0 Å². The molecule has 1 heterocycles. The molecule has 1 saturated heterocycles. The van der Waals surface area contributed by atoms with Gasteiger partial charge in [0.1, 0.15) is 0 Å². The molecule has 1 rings (SSSR count). The second-order valence-electron chi connectivity index (χ2n) is 3.76. The van der Waals surface area contributed by atoms with Gasteiger partial charge in [0.25, 0.3) is 0 Å². The molecular formula is C10H22O3. The van der Waals surface area contributed by atoms with Crippen molar-refractivity contribution in [3.63, 3.8) is 0 Å². The smallest absolute Gasteiger partial charge is 0.0828 e. The fourth-order valence-corrected chi connectivity index (χ4v) is 1.71. The standard InChI is InChI=1S/C9H18O2.CH4O/c1-5-6(2)9(10)8(4)11-7(5)3;1-2/h5-10H,1-4H3;2H,1H3/t5-,6?,7?,8+,9+;/m1./s1. The third-order valence-electron chi connectivity index (χ3n) is 3.02. The molecule has 2 N–H and O–H groups in total. The first-order valence-electron chi connectivity index (χ1n) is 4.82. The first-order chi connectivity index (χ1) is 6.04. The van der Waals surface area contributed by atoms with Crippen molar-refractivity contribution >= 4 is 0 Å². The van der Waals surface area contributed by atoms with Crippen molar-refractivity contribution in [3.8, 4) is 0 Å². The Morgan fingerprint density at radius 1 is 0.846 bits per heavy atom. The van der Waals surface area contributed by atoms with E-state index < -0.39 is 0 Å². The van der Waals surface area contributed by atoms with Gasteiger partial charge in [-0.2, -0.15) is 0 Å². The summed E-state index contributed by atoms with van der Waals surface area (Å²) in [4.78, 5) is 0. The summed E-state index contributed by atoms with van der Waals surface area (Å²) >= 11 is 0. The number of hydrogen-bond donors (Lipinski definition) is 2. The molecule has 2 unspecified atom stereocenters. The molecule has 1 aliphatic rings. The van der Waals surface area contributed by atoms with Crippen molar-refractivity contribution in [2.75, 3.05) is 7.11 Å². The Morgan fingerprint density at radius 3 is 1.77 bits per heavy atom. The van der Waals surface area contributed by atoms with Crippen LogP contribution < -0.4 is 0 Å². The van der Waals surface area contributed by atoms with E-state index in [1.165, 1.54) is 0 Å². The maximum absolute atomic E-state index is 9.61. The zero-order valence-electron chi connectivity index (χ0n) is 9.19. The second kappa shape index (κ2) is 5.58. The van der Waals surface area contributed by atoms with E-state index >= 15 is 0 Å². The van der Waals surface area contributed by atoms with E-state index in [1.54, 1.807) is 0 Å².